The Morgan fingerprint density at radius 2 is 1.30 bits per heavy atom. The molecule has 0 heterocycles. The van der Waals surface area contributed by atoms with Crippen molar-refractivity contribution < 1.29 is 152 Å². The Morgan fingerprint density at radius 3 is 1.61 bits per heavy atom. The number of hydrogen-bond acceptors (Lipinski definition) is 8. The van der Waals surface area contributed by atoms with Gasteiger partial charge >= 0.3 is 118 Å². The zero-order chi connectivity index (χ0) is 14.9. The van der Waals surface area contributed by atoms with Crippen LogP contribution in [-0.4, -0.2) is 10.2 Å². The summed E-state index contributed by atoms with van der Waals surface area (Å²) in [6.07, 6.45) is -1.22. The van der Waals surface area contributed by atoms with Crippen molar-refractivity contribution in [2.24, 2.45) is 5.73 Å². The minimum absolute atomic E-state index is 0. The molecule has 1 aromatic carbocycles. The van der Waals surface area contributed by atoms with Crippen LogP contribution in [0.4, 0.5) is 0 Å². The van der Waals surface area contributed by atoms with Crippen LogP contribution < -0.4 is 144 Å². The molecular formula is C9H11NNa4O7P2. The van der Waals surface area contributed by atoms with E-state index in [4.69, 9.17) is 5.73 Å². The zero-order valence-corrected chi connectivity index (χ0v) is 23.3. The molecule has 8 nitrogen and oxygen atoms in total. The van der Waals surface area contributed by atoms with Crippen LogP contribution in [0.15, 0.2) is 30.3 Å². The van der Waals surface area contributed by atoms with Crippen molar-refractivity contribution in [1.82, 2.24) is 0 Å². The third kappa shape index (κ3) is 9.46. The molecule has 0 aliphatic heterocycles. The summed E-state index contributed by atoms with van der Waals surface area (Å²) in [5, 5.41) is 5.52. The standard InChI is InChI=1S/C9H15NO7P2.4Na/c10-8(7-4-2-1-3-5-7)6-9(11,18(12,13)14)19(15,16)17;;;;/h1-5,8,11H,6,10H2,(H2,12,13,14)(H2,15,16,17);;;;/q;4*+1/p-4. The minimum Gasteiger partial charge on any atom is -0.808 e. The fourth-order valence-electron chi connectivity index (χ4n) is 1.49. The maximum Gasteiger partial charge on any atom is 1.00 e. The molecule has 0 saturated heterocycles. The molecule has 1 aromatic rings. The minimum atomic E-state index is -6.10. The van der Waals surface area contributed by atoms with E-state index in [0.717, 1.165) is 0 Å². The van der Waals surface area contributed by atoms with Gasteiger partial charge in [0.1, 0.15) is 5.08 Å². The zero-order valence-electron chi connectivity index (χ0n) is 13.5. The summed E-state index contributed by atoms with van der Waals surface area (Å²) in [7, 11) is -12.2. The third-order valence-corrected chi connectivity index (χ3v) is 6.19. The average Bonchev–Trinajstić information content (AvgIpc) is 2.27. The molecule has 0 amide bonds. The Balaban J connectivity index is -0.000000451. The van der Waals surface area contributed by atoms with E-state index in [1.54, 1.807) is 6.07 Å². The topological polar surface area (TPSA) is 173 Å². The van der Waals surface area contributed by atoms with Crippen LogP contribution in [0.25, 0.3) is 0 Å². The maximum absolute atomic E-state index is 10.9. The molecule has 0 saturated carbocycles. The van der Waals surface area contributed by atoms with Gasteiger partial charge in [0.05, 0.1) is 0 Å². The Hall–Kier alpha value is 3.44. The molecule has 108 valence electrons. The predicted octanol–water partition coefficient (Wildman–Crippen LogP) is -14.4. The van der Waals surface area contributed by atoms with Crippen LogP contribution >= 0.6 is 15.2 Å². The Labute approximate surface area is 222 Å². The van der Waals surface area contributed by atoms with Gasteiger partial charge in [-0.25, -0.2) is 0 Å². The molecule has 1 unspecified atom stereocenters. The van der Waals surface area contributed by atoms with E-state index in [1.807, 2.05) is 0 Å². The van der Waals surface area contributed by atoms with Crippen LogP contribution in [0.5, 0.6) is 0 Å². The first-order valence-electron chi connectivity index (χ1n) is 5.06. The van der Waals surface area contributed by atoms with E-state index < -0.39 is 32.7 Å². The molecule has 0 aliphatic rings. The first-order valence-corrected chi connectivity index (χ1v) is 8.15. The van der Waals surface area contributed by atoms with E-state index in [2.05, 4.69) is 0 Å². The molecule has 23 heavy (non-hydrogen) atoms. The van der Waals surface area contributed by atoms with E-state index in [0.29, 0.717) is 0 Å². The molecule has 1 atom stereocenters. The van der Waals surface area contributed by atoms with Crippen LogP contribution in [0.2, 0.25) is 0 Å². The van der Waals surface area contributed by atoms with Gasteiger partial charge in [0.25, 0.3) is 0 Å². The van der Waals surface area contributed by atoms with E-state index in [-0.39, 0.29) is 124 Å². The van der Waals surface area contributed by atoms with E-state index >= 15 is 0 Å². The number of aliphatic hydroxyl groups is 1. The van der Waals surface area contributed by atoms with Gasteiger partial charge in [-0.2, -0.15) is 0 Å². The molecule has 0 radical (unpaired) electrons. The molecule has 0 fully saturated rings. The fraction of sp³-hybridized carbons (Fsp3) is 0.333. The van der Waals surface area contributed by atoms with Crippen molar-refractivity contribution in [3.05, 3.63) is 35.9 Å². The number of benzene rings is 1. The molecule has 1 rings (SSSR count). The van der Waals surface area contributed by atoms with E-state index in [1.165, 1.54) is 24.3 Å². The van der Waals surface area contributed by atoms with Crippen LogP contribution in [0.3, 0.4) is 0 Å². The van der Waals surface area contributed by atoms with Crippen molar-refractivity contribution >= 4 is 15.2 Å². The van der Waals surface area contributed by atoms with Gasteiger partial charge in [-0.3, -0.25) is 0 Å². The normalized spacial score (nSPS) is 12.6. The predicted molar refractivity (Wildman–Crippen MR) is 58.2 cm³/mol. The largest absolute Gasteiger partial charge is 1.00 e. The van der Waals surface area contributed by atoms with Crippen molar-refractivity contribution in [2.75, 3.05) is 0 Å². The molecule has 14 heteroatoms. The summed E-state index contributed by atoms with van der Waals surface area (Å²) in [6.45, 7) is 0. The molecule has 0 aromatic heterocycles. The van der Waals surface area contributed by atoms with Crippen molar-refractivity contribution in [2.45, 2.75) is 17.5 Å². The Bertz CT molecular complexity index is 516. The second kappa shape index (κ2) is 13.6. The number of rotatable bonds is 5. The smallest absolute Gasteiger partial charge is 0.808 e. The first-order chi connectivity index (χ1) is 8.49. The van der Waals surface area contributed by atoms with Crippen molar-refractivity contribution in [3.8, 4) is 0 Å². The van der Waals surface area contributed by atoms with Gasteiger partial charge in [0.2, 0.25) is 0 Å². The van der Waals surface area contributed by atoms with Gasteiger partial charge < -0.3 is 39.5 Å². The molecule has 3 N–H and O–H groups in total. The first kappa shape index (κ1) is 34.0. The van der Waals surface area contributed by atoms with Crippen LogP contribution in [-0.2, 0) is 9.13 Å². The summed E-state index contributed by atoms with van der Waals surface area (Å²) >= 11 is 0. The molecule has 0 bridgehead atoms. The summed E-state index contributed by atoms with van der Waals surface area (Å²) in [6, 6.07) is 6.28. The van der Waals surface area contributed by atoms with Crippen molar-refractivity contribution in [1.29, 1.82) is 0 Å². The molecular weight excluding hydrogens is 388 g/mol. The second-order valence-electron chi connectivity index (χ2n) is 3.99. The summed E-state index contributed by atoms with van der Waals surface area (Å²) in [4.78, 5) is 43.4. The maximum atomic E-state index is 10.9. The summed E-state index contributed by atoms with van der Waals surface area (Å²) < 4.78 is 21.7. The van der Waals surface area contributed by atoms with E-state index in [9.17, 15) is 33.8 Å². The number of hydrogen-bond donors (Lipinski definition) is 2. The monoisotopic (exact) mass is 399 g/mol. The molecule has 0 spiro atoms. The van der Waals surface area contributed by atoms with Gasteiger partial charge in [-0.1, -0.05) is 30.3 Å². The van der Waals surface area contributed by atoms with Gasteiger partial charge in [0, 0.05) is 12.5 Å². The van der Waals surface area contributed by atoms with Crippen LogP contribution in [0, 0.1) is 0 Å². The fourth-order valence-corrected chi connectivity index (χ4v) is 3.53. The second-order valence-corrected chi connectivity index (χ2v) is 7.81. The third-order valence-electron chi connectivity index (χ3n) is 2.60. The SMILES string of the molecule is NC(CC(O)(P(=O)([O-])[O-])P(=O)([O-])[O-])c1ccccc1.[Na+].[Na+].[Na+].[Na+]. The summed E-state index contributed by atoms with van der Waals surface area (Å²) in [5.41, 5.74) is 5.80. The van der Waals surface area contributed by atoms with Gasteiger partial charge in [0.15, 0.2) is 0 Å². The van der Waals surface area contributed by atoms with Crippen LogP contribution in [0.1, 0.15) is 18.0 Å². The van der Waals surface area contributed by atoms with Gasteiger partial charge in [-0.15, -0.1) is 0 Å². The van der Waals surface area contributed by atoms with Crippen molar-refractivity contribution in [3.63, 3.8) is 0 Å². The average molecular weight is 399 g/mol. The van der Waals surface area contributed by atoms with Gasteiger partial charge in [-0.05, 0) is 20.8 Å². The Kier molecular flexibility index (Phi) is 20.1. The molecule has 0 aliphatic carbocycles. The number of nitrogens with two attached hydrogens (primary N) is 1. The Morgan fingerprint density at radius 1 is 0.957 bits per heavy atom. The quantitative estimate of drug-likeness (QED) is 0.363. The summed E-state index contributed by atoms with van der Waals surface area (Å²) in [5.74, 6) is 0.